The molecule has 2 saturated heterocycles. The maximum absolute atomic E-state index is 11.3. The number of hydrogen-bond donors (Lipinski definition) is 0. The summed E-state index contributed by atoms with van der Waals surface area (Å²) in [5, 5.41) is 11.3. The molecule has 1 atom stereocenters. The molecule has 0 aromatic heterocycles. The van der Waals surface area contributed by atoms with Gasteiger partial charge in [0.15, 0.2) is 0 Å². The molecule has 2 bridgehead atoms. The standard InChI is InChI=1S/C21H22N2O2/c24-23(25)16-9-10-18-17-3-1-2-4-19(17)21(20(18)11-16)22-12-14-5-6-15(13-22)8-7-14/h1-4,9-11,14-15,21H,5-8,12-13H2/t14?,15?,21-/m1/s1. The van der Waals surface area contributed by atoms with E-state index in [4.69, 9.17) is 0 Å². The van der Waals surface area contributed by atoms with Crippen molar-refractivity contribution in [2.75, 3.05) is 13.1 Å². The van der Waals surface area contributed by atoms with Gasteiger partial charge in [0.05, 0.1) is 11.0 Å². The van der Waals surface area contributed by atoms with Crippen LogP contribution < -0.4 is 0 Å². The largest absolute Gasteiger partial charge is 0.292 e. The Morgan fingerprint density at radius 3 is 2.20 bits per heavy atom. The summed E-state index contributed by atoms with van der Waals surface area (Å²) in [6.07, 6.45) is 5.38. The second kappa shape index (κ2) is 5.67. The second-order valence-electron chi connectivity index (χ2n) is 7.86. The fourth-order valence-electron chi connectivity index (χ4n) is 5.22. The Bertz CT molecular complexity index is 826. The third kappa shape index (κ3) is 2.39. The highest BCUT2D eigenvalue weighted by Gasteiger charge is 2.38. The van der Waals surface area contributed by atoms with Crippen LogP contribution in [0.3, 0.4) is 0 Å². The summed E-state index contributed by atoms with van der Waals surface area (Å²) in [5.41, 5.74) is 5.06. The Labute approximate surface area is 147 Å². The summed E-state index contributed by atoms with van der Waals surface area (Å²) < 4.78 is 0. The summed E-state index contributed by atoms with van der Waals surface area (Å²) in [6.45, 7) is 2.25. The Balaban J connectivity index is 1.63. The molecule has 25 heavy (non-hydrogen) atoms. The van der Waals surface area contributed by atoms with Crippen LogP contribution in [0.25, 0.3) is 11.1 Å². The number of nitro groups is 1. The summed E-state index contributed by atoms with van der Waals surface area (Å²) >= 11 is 0. The molecule has 0 spiro atoms. The maximum Gasteiger partial charge on any atom is 0.269 e. The minimum absolute atomic E-state index is 0.173. The van der Waals surface area contributed by atoms with Gasteiger partial charge in [0.1, 0.15) is 0 Å². The molecular formula is C21H22N2O2. The van der Waals surface area contributed by atoms with E-state index >= 15 is 0 Å². The van der Waals surface area contributed by atoms with E-state index in [-0.39, 0.29) is 16.7 Å². The van der Waals surface area contributed by atoms with E-state index in [0.717, 1.165) is 30.5 Å². The first-order chi connectivity index (χ1) is 12.2. The van der Waals surface area contributed by atoms with Crippen molar-refractivity contribution < 1.29 is 4.92 Å². The van der Waals surface area contributed by atoms with Gasteiger partial charge in [-0.05, 0) is 65.8 Å². The number of rotatable bonds is 2. The van der Waals surface area contributed by atoms with Gasteiger partial charge in [-0.3, -0.25) is 15.0 Å². The second-order valence-corrected chi connectivity index (χ2v) is 7.86. The van der Waals surface area contributed by atoms with Crippen LogP contribution in [0.1, 0.15) is 42.9 Å². The Hall–Kier alpha value is -2.20. The highest BCUT2D eigenvalue weighted by Crippen LogP contribution is 2.49. The van der Waals surface area contributed by atoms with Crippen LogP contribution in [0, 0.1) is 22.0 Å². The summed E-state index contributed by atoms with van der Waals surface area (Å²) in [4.78, 5) is 13.7. The summed E-state index contributed by atoms with van der Waals surface area (Å²) in [6, 6.07) is 14.1. The van der Waals surface area contributed by atoms with Crippen LogP contribution in [0.5, 0.6) is 0 Å². The van der Waals surface area contributed by atoms with Gasteiger partial charge >= 0.3 is 0 Å². The molecule has 2 aromatic rings. The van der Waals surface area contributed by atoms with Crippen LogP contribution in [-0.4, -0.2) is 22.9 Å². The number of fused-ring (bicyclic) bond motifs is 7. The van der Waals surface area contributed by atoms with Crippen molar-refractivity contribution in [1.82, 2.24) is 4.90 Å². The Morgan fingerprint density at radius 1 is 0.880 bits per heavy atom. The molecule has 0 N–H and O–H groups in total. The SMILES string of the molecule is O=[N+]([O-])c1ccc2c(c1)[C@H](N1CC3CCC(CC3)C1)c1ccccc1-2. The maximum atomic E-state index is 11.3. The van der Waals surface area contributed by atoms with Crippen molar-refractivity contribution in [3.05, 3.63) is 63.7 Å². The molecule has 2 aliphatic heterocycles. The van der Waals surface area contributed by atoms with E-state index in [0.29, 0.717) is 0 Å². The smallest absolute Gasteiger partial charge is 0.269 e. The van der Waals surface area contributed by atoms with E-state index in [1.807, 2.05) is 12.1 Å². The molecule has 4 heteroatoms. The van der Waals surface area contributed by atoms with Gasteiger partial charge in [0, 0.05) is 25.2 Å². The normalized spacial score (nSPS) is 27.6. The van der Waals surface area contributed by atoms with E-state index in [1.165, 1.54) is 42.4 Å². The van der Waals surface area contributed by atoms with Gasteiger partial charge in [0.2, 0.25) is 0 Å². The molecule has 1 saturated carbocycles. The highest BCUT2D eigenvalue weighted by atomic mass is 16.6. The molecule has 0 amide bonds. The molecular weight excluding hydrogens is 312 g/mol. The van der Waals surface area contributed by atoms with Gasteiger partial charge in [-0.25, -0.2) is 0 Å². The van der Waals surface area contributed by atoms with Gasteiger partial charge in [-0.15, -0.1) is 0 Å². The number of nitrogens with zero attached hydrogens (tertiary/aromatic N) is 2. The molecule has 4 aliphatic rings. The lowest BCUT2D eigenvalue weighted by atomic mass is 9.84. The summed E-state index contributed by atoms with van der Waals surface area (Å²) in [5.74, 6) is 1.57. The zero-order valence-corrected chi connectivity index (χ0v) is 14.2. The quantitative estimate of drug-likeness (QED) is 0.586. The van der Waals surface area contributed by atoms with Gasteiger partial charge < -0.3 is 0 Å². The van der Waals surface area contributed by atoms with Gasteiger partial charge in [-0.2, -0.15) is 0 Å². The van der Waals surface area contributed by atoms with Crippen LogP contribution in [0.4, 0.5) is 5.69 Å². The molecule has 2 aromatic carbocycles. The van der Waals surface area contributed by atoms with Crippen LogP contribution >= 0.6 is 0 Å². The fourth-order valence-corrected chi connectivity index (χ4v) is 5.22. The molecule has 2 heterocycles. The van der Waals surface area contributed by atoms with Crippen molar-refractivity contribution in [3.8, 4) is 11.1 Å². The first-order valence-corrected chi connectivity index (χ1v) is 9.32. The van der Waals surface area contributed by atoms with Gasteiger partial charge in [-0.1, -0.05) is 24.3 Å². The van der Waals surface area contributed by atoms with E-state index in [9.17, 15) is 10.1 Å². The minimum Gasteiger partial charge on any atom is -0.292 e. The zero-order valence-electron chi connectivity index (χ0n) is 14.2. The van der Waals surface area contributed by atoms with E-state index < -0.39 is 0 Å². The summed E-state index contributed by atoms with van der Waals surface area (Å²) in [7, 11) is 0. The molecule has 128 valence electrons. The monoisotopic (exact) mass is 334 g/mol. The number of nitro benzene ring substituents is 1. The lowest BCUT2D eigenvalue weighted by molar-refractivity contribution is -0.384. The lowest BCUT2D eigenvalue weighted by Crippen LogP contribution is -2.32. The minimum atomic E-state index is -0.271. The van der Waals surface area contributed by atoms with E-state index in [1.54, 1.807) is 6.07 Å². The number of benzene rings is 2. The van der Waals surface area contributed by atoms with Crippen molar-refractivity contribution in [2.45, 2.75) is 31.7 Å². The number of non-ortho nitro benzene ring substituents is 1. The first kappa shape index (κ1) is 15.1. The van der Waals surface area contributed by atoms with Crippen LogP contribution in [0.15, 0.2) is 42.5 Å². The highest BCUT2D eigenvalue weighted by molar-refractivity contribution is 5.79. The zero-order chi connectivity index (χ0) is 17.0. The van der Waals surface area contributed by atoms with Crippen LogP contribution in [-0.2, 0) is 0 Å². The molecule has 2 aliphatic carbocycles. The van der Waals surface area contributed by atoms with Crippen molar-refractivity contribution in [1.29, 1.82) is 0 Å². The fraction of sp³-hybridized carbons (Fsp3) is 0.429. The molecule has 0 radical (unpaired) electrons. The first-order valence-electron chi connectivity index (χ1n) is 9.32. The Morgan fingerprint density at radius 2 is 1.52 bits per heavy atom. The number of hydrogen-bond acceptors (Lipinski definition) is 3. The average Bonchev–Trinajstić information content (AvgIpc) is 2.76. The van der Waals surface area contributed by atoms with Crippen molar-refractivity contribution >= 4 is 5.69 Å². The topological polar surface area (TPSA) is 46.4 Å². The third-order valence-electron chi connectivity index (χ3n) is 6.40. The van der Waals surface area contributed by atoms with E-state index in [2.05, 4.69) is 29.2 Å². The predicted octanol–water partition coefficient (Wildman–Crippen LogP) is 4.79. The van der Waals surface area contributed by atoms with Gasteiger partial charge in [0.25, 0.3) is 5.69 Å². The van der Waals surface area contributed by atoms with Crippen LogP contribution in [0.2, 0.25) is 0 Å². The predicted molar refractivity (Wildman–Crippen MR) is 97.4 cm³/mol. The lowest BCUT2D eigenvalue weighted by Gasteiger charge is -2.30. The molecule has 0 unspecified atom stereocenters. The average molecular weight is 334 g/mol. The Kier molecular flexibility index (Phi) is 3.42. The molecule has 4 nitrogen and oxygen atoms in total. The third-order valence-corrected chi connectivity index (χ3v) is 6.40. The molecule has 6 rings (SSSR count). The van der Waals surface area contributed by atoms with Crippen molar-refractivity contribution in [2.24, 2.45) is 11.8 Å². The van der Waals surface area contributed by atoms with Crippen molar-refractivity contribution in [3.63, 3.8) is 0 Å². The molecule has 3 fully saturated rings.